The van der Waals surface area contributed by atoms with Crippen molar-refractivity contribution < 1.29 is 19.1 Å². The lowest BCUT2D eigenvalue weighted by Gasteiger charge is -2.16. The Morgan fingerprint density at radius 2 is 1.41 bits per heavy atom. The van der Waals surface area contributed by atoms with E-state index in [0.717, 1.165) is 6.42 Å². The van der Waals surface area contributed by atoms with Crippen LogP contribution in [0.15, 0.2) is 72.8 Å². The zero-order valence-electron chi connectivity index (χ0n) is 19.5. The number of carbonyl (C=O) groups is 2. The molecule has 7 heteroatoms. The number of benzene rings is 3. The quantitative estimate of drug-likeness (QED) is 0.351. The molecule has 1 unspecified atom stereocenters. The van der Waals surface area contributed by atoms with Crippen LogP contribution in [0.5, 0.6) is 11.5 Å². The first-order valence-electron chi connectivity index (χ1n) is 11.2. The fourth-order valence-electron chi connectivity index (χ4n) is 3.05. The van der Waals surface area contributed by atoms with Gasteiger partial charge in [-0.3, -0.25) is 9.59 Å². The molecule has 2 amide bonds. The van der Waals surface area contributed by atoms with Crippen LogP contribution in [-0.4, -0.2) is 24.5 Å². The molecule has 0 heterocycles. The standard InChI is InChI=1S/C27H29ClN2O4/c1-18(2)16-17-33-24-10-6-4-8-22(24)27(32)30-21-14-12-20(13-15-21)29-26(31)19(3)34-25-11-7-5-9-23(25)28/h4-15,18-19H,16-17H2,1-3H3,(H,29,31)(H,30,32). The third kappa shape index (κ3) is 7.25. The predicted octanol–water partition coefficient (Wildman–Crippen LogP) is 6.42. The highest BCUT2D eigenvalue weighted by Gasteiger charge is 2.17. The van der Waals surface area contributed by atoms with E-state index in [1.54, 1.807) is 73.7 Å². The van der Waals surface area contributed by atoms with Crippen molar-refractivity contribution in [2.45, 2.75) is 33.3 Å². The molecule has 0 bridgehead atoms. The zero-order chi connectivity index (χ0) is 24.5. The number of anilines is 2. The molecule has 178 valence electrons. The molecule has 0 aliphatic rings. The van der Waals surface area contributed by atoms with Crippen molar-refractivity contribution in [3.8, 4) is 11.5 Å². The fourth-order valence-corrected chi connectivity index (χ4v) is 3.23. The summed E-state index contributed by atoms with van der Waals surface area (Å²) in [5.41, 5.74) is 1.64. The van der Waals surface area contributed by atoms with Crippen LogP contribution in [0, 0.1) is 5.92 Å². The molecule has 0 aliphatic carbocycles. The second kappa shape index (κ2) is 12.1. The van der Waals surface area contributed by atoms with Crippen LogP contribution >= 0.6 is 11.6 Å². The normalized spacial score (nSPS) is 11.6. The second-order valence-electron chi connectivity index (χ2n) is 8.24. The van der Waals surface area contributed by atoms with E-state index in [-0.39, 0.29) is 11.8 Å². The van der Waals surface area contributed by atoms with Crippen LogP contribution in [0.2, 0.25) is 5.02 Å². The maximum atomic E-state index is 12.8. The van der Waals surface area contributed by atoms with Crippen molar-refractivity contribution in [2.24, 2.45) is 5.92 Å². The van der Waals surface area contributed by atoms with E-state index in [9.17, 15) is 9.59 Å². The highest BCUT2D eigenvalue weighted by atomic mass is 35.5. The number of para-hydroxylation sites is 2. The van der Waals surface area contributed by atoms with Gasteiger partial charge < -0.3 is 20.1 Å². The Labute approximate surface area is 205 Å². The molecule has 2 N–H and O–H groups in total. The molecule has 6 nitrogen and oxygen atoms in total. The molecule has 0 spiro atoms. The number of hydrogen-bond donors (Lipinski definition) is 2. The minimum absolute atomic E-state index is 0.265. The molecule has 0 aromatic heterocycles. The molecule has 3 aromatic carbocycles. The maximum absolute atomic E-state index is 12.8. The van der Waals surface area contributed by atoms with Crippen LogP contribution in [0.3, 0.4) is 0 Å². The van der Waals surface area contributed by atoms with Gasteiger partial charge in [0.15, 0.2) is 6.10 Å². The zero-order valence-corrected chi connectivity index (χ0v) is 20.3. The van der Waals surface area contributed by atoms with Gasteiger partial charge in [-0.05, 0) is 67.8 Å². The molecule has 3 aromatic rings. The summed E-state index contributed by atoms with van der Waals surface area (Å²) in [4.78, 5) is 25.3. The first-order chi connectivity index (χ1) is 16.3. The van der Waals surface area contributed by atoms with E-state index in [4.69, 9.17) is 21.1 Å². The van der Waals surface area contributed by atoms with Crippen LogP contribution < -0.4 is 20.1 Å². The molecule has 3 rings (SSSR count). The van der Waals surface area contributed by atoms with Crippen LogP contribution in [0.1, 0.15) is 37.6 Å². The van der Waals surface area contributed by atoms with Gasteiger partial charge in [-0.15, -0.1) is 0 Å². The summed E-state index contributed by atoms with van der Waals surface area (Å²) in [6.45, 7) is 6.45. The summed E-state index contributed by atoms with van der Waals surface area (Å²) >= 11 is 6.08. The lowest BCUT2D eigenvalue weighted by atomic mass is 10.1. The Hall–Kier alpha value is -3.51. The van der Waals surface area contributed by atoms with Crippen molar-refractivity contribution in [3.05, 3.63) is 83.4 Å². The fraction of sp³-hybridized carbons (Fsp3) is 0.259. The average molecular weight is 481 g/mol. The van der Waals surface area contributed by atoms with Gasteiger partial charge in [-0.25, -0.2) is 0 Å². The molecule has 0 saturated carbocycles. The Bertz CT molecular complexity index is 1120. The van der Waals surface area contributed by atoms with Gasteiger partial charge in [0.2, 0.25) is 0 Å². The molecular weight excluding hydrogens is 452 g/mol. The molecule has 0 radical (unpaired) electrons. The molecule has 1 atom stereocenters. The Balaban J connectivity index is 1.57. The van der Waals surface area contributed by atoms with Crippen molar-refractivity contribution in [1.29, 1.82) is 0 Å². The van der Waals surface area contributed by atoms with Crippen molar-refractivity contribution in [1.82, 2.24) is 0 Å². The number of halogens is 1. The van der Waals surface area contributed by atoms with E-state index in [1.165, 1.54) is 0 Å². The monoisotopic (exact) mass is 480 g/mol. The summed E-state index contributed by atoms with van der Waals surface area (Å²) in [5.74, 6) is 0.934. The van der Waals surface area contributed by atoms with Crippen molar-refractivity contribution >= 4 is 34.8 Å². The lowest BCUT2D eigenvalue weighted by Crippen LogP contribution is -2.30. The van der Waals surface area contributed by atoms with Crippen LogP contribution in [-0.2, 0) is 4.79 Å². The molecule has 34 heavy (non-hydrogen) atoms. The number of ether oxygens (including phenoxy) is 2. The summed E-state index contributed by atoms with van der Waals surface area (Å²) in [6, 6.07) is 21.0. The van der Waals surface area contributed by atoms with Gasteiger partial charge in [0, 0.05) is 11.4 Å². The minimum atomic E-state index is -0.744. The van der Waals surface area contributed by atoms with E-state index >= 15 is 0 Å². The lowest BCUT2D eigenvalue weighted by molar-refractivity contribution is -0.122. The van der Waals surface area contributed by atoms with E-state index in [1.807, 2.05) is 6.07 Å². The SMILES string of the molecule is CC(C)CCOc1ccccc1C(=O)Nc1ccc(NC(=O)C(C)Oc2ccccc2Cl)cc1. The number of nitrogens with one attached hydrogen (secondary N) is 2. The topological polar surface area (TPSA) is 76.7 Å². The van der Waals surface area contributed by atoms with Crippen molar-refractivity contribution in [2.75, 3.05) is 17.2 Å². The highest BCUT2D eigenvalue weighted by molar-refractivity contribution is 6.32. The number of amides is 2. The number of carbonyl (C=O) groups excluding carboxylic acids is 2. The predicted molar refractivity (Wildman–Crippen MR) is 136 cm³/mol. The second-order valence-corrected chi connectivity index (χ2v) is 8.65. The smallest absolute Gasteiger partial charge is 0.265 e. The summed E-state index contributed by atoms with van der Waals surface area (Å²) in [6.07, 6.45) is 0.164. The van der Waals surface area contributed by atoms with Gasteiger partial charge in [0.1, 0.15) is 11.5 Å². The molecule has 0 aliphatic heterocycles. The van der Waals surface area contributed by atoms with Gasteiger partial charge in [0.05, 0.1) is 17.2 Å². The van der Waals surface area contributed by atoms with Gasteiger partial charge in [0.25, 0.3) is 11.8 Å². The third-order valence-corrected chi connectivity index (χ3v) is 5.32. The number of rotatable bonds is 10. The summed E-state index contributed by atoms with van der Waals surface area (Å²) in [7, 11) is 0. The third-order valence-electron chi connectivity index (χ3n) is 5.00. The molecule has 0 fully saturated rings. The van der Waals surface area contributed by atoms with E-state index in [2.05, 4.69) is 24.5 Å². The Kier molecular flexibility index (Phi) is 8.93. The molecule has 0 saturated heterocycles. The minimum Gasteiger partial charge on any atom is -0.493 e. The van der Waals surface area contributed by atoms with Gasteiger partial charge in [-0.1, -0.05) is 49.7 Å². The van der Waals surface area contributed by atoms with Crippen LogP contribution in [0.4, 0.5) is 11.4 Å². The first-order valence-corrected chi connectivity index (χ1v) is 11.6. The van der Waals surface area contributed by atoms with E-state index < -0.39 is 6.10 Å². The Morgan fingerprint density at radius 1 is 0.824 bits per heavy atom. The van der Waals surface area contributed by atoms with Crippen LogP contribution in [0.25, 0.3) is 0 Å². The average Bonchev–Trinajstić information content (AvgIpc) is 2.81. The largest absolute Gasteiger partial charge is 0.493 e. The van der Waals surface area contributed by atoms with Crippen molar-refractivity contribution in [3.63, 3.8) is 0 Å². The maximum Gasteiger partial charge on any atom is 0.265 e. The first kappa shape index (κ1) is 25.1. The van der Waals surface area contributed by atoms with E-state index in [0.29, 0.717) is 46.0 Å². The highest BCUT2D eigenvalue weighted by Crippen LogP contribution is 2.25. The summed E-state index contributed by atoms with van der Waals surface area (Å²) in [5, 5.41) is 6.10. The Morgan fingerprint density at radius 3 is 2.06 bits per heavy atom. The summed E-state index contributed by atoms with van der Waals surface area (Å²) < 4.78 is 11.5. The number of hydrogen-bond acceptors (Lipinski definition) is 4. The van der Waals surface area contributed by atoms with Gasteiger partial charge >= 0.3 is 0 Å². The van der Waals surface area contributed by atoms with Gasteiger partial charge in [-0.2, -0.15) is 0 Å². The molecular formula is C27H29ClN2O4.